The number of rotatable bonds is 2. The molecule has 5 nitrogen and oxygen atoms in total. The molecule has 1 aliphatic carbocycles. The maximum atomic E-state index is 10.6. The van der Waals surface area contributed by atoms with Crippen molar-refractivity contribution in [3.8, 4) is 0 Å². The van der Waals surface area contributed by atoms with E-state index in [1.165, 1.54) is 12.2 Å². The van der Waals surface area contributed by atoms with Gasteiger partial charge in [-0.25, -0.2) is 5.90 Å². The fourth-order valence-corrected chi connectivity index (χ4v) is 1.02. The first-order valence-corrected chi connectivity index (χ1v) is 3.36. The highest BCUT2D eigenvalue weighted by atomic mass is 16.6. The third-order valence-electron chi connectivity index (χ3n) is 1.73. The molecule has 0 heterocycles. The molecule has 5 heteroatoms. The summed E-state index contributed by atoms with van der Waals surface area (Å²) in [6.07, 6.45) is 6.01. The molecule has 0 fully saturated rings. The number of carboxylic acid groups (broad SMARTS) is 1. The van der Waals surface area contributed by atoms with Gasteiger partial charge in [-0.1, -0.05) is 18.2 Å². The number of aliphatic carboxylic acids is 1. The van der Waals surface area contributed by atoms with Gasteiger partial charge >= 0.3 is 5.97 Å². The van der Waals surface area contributed by atoms with Gasteiger partial charge in [-0.2, -0.15) is 0 Å². The number of hydrogen-bond donors (Lipinski definition) is 3. The van der Waals surface area contributed by atoms with E-state index in [4.69, 9.17) is 16.7 Å². The first-order valence-electron chi connectivity index (χ1n) is 3.36. The number of carbonyl (C=O) groups is 1. The molecule has 5 N–H and O–H groups in total. The van der Waals surface area contributed by atoms with Crippen molar-refractivity contribution in [1.29, 1.82) is 0 Å². The maximum absolute atomic E-state index is 10.6. The lowest BCUT2D eigenvalue weighted by atomic mass is 9.92. The molecule has 0 aromatic carbocycles. The van der Waals surface area contributed by atoms with E-state index in [-0.39, 0.29) is 0 Å². The fraction of sp³-hybridized carbons (Fsp3) is 0.286. The zero-order valence-electron chi connectivity index (χ0n) is 6.31. The Balaban J connectivity index is 2.92. The molecule has 0 amide bonds. The SMILES string of the molecule is NOC1(N)C=CC=CC1C(=O)O. The molecule has 2 unspecified atom stereocenters. The van der Waals surface area contributed by atoms with Crippen LogP contribution in [0.15, 0.2) is 24.3 Å². The highest BCUT2D eigenvalue weighted by Crippen LogP contribution is 2.21. The van der Waals surface area contributed by atoms with E-state index < -0.39 is 17.6 Å². The van der Waals surface area contributed by atoms with Crippen LogP contribution < -0.4 is 11.6 Å². The van der Waals surface area contributed by atoms with Crippen molar-refractivity contribution in [3.63, 3.8) is 0 Å². The van der Waals surface area contributed by atoms with Crippen molar-refractivity contribution >= 4 is 5.97 Å². The van der Waals surface area contributed by atoms with Crippen LogP contribution in [0.3, 0.4) is 0 Å². The highest BCUT2D eigenvalue weighted by molar-refractivity contribution is 5.74. The Morgan fingerprint density at radius 3 is 2.67 bits per heavy atom. The predicted molar refractivity (Wildman–Crippen MR) is 41.6 cm³/mol. The molecule has 1 rings (SSSR count). The standard InChI is InChI=1S/C7H10N2O3/c8-7(12-9)4-2-1-3-5(7)6(10)11/h1-5H,8-9H2,(H,10,11). The molecule has 0 aromatic rings. The second-order valence-corrected chi connectivity index (χ2v) is 2.53. The van der Waals surface area contributed by atoms with Gasteiger partial charge in [0.05, 0.1) is 0 Å². The van der Waals surface area contributed by atoms with Crippen molar-refractivity contribution in [1.82, 2.24) is 0 Å². The first kappa shape index (κ1) is 8.92. The van der Waals surface area contributed by atoms with E-state index in [1.807, 2.05) is 0 Å². The van der Waals surface area contributed by atoms with E-state index >= 15 is 0 Å². The van der Waals surface area contributed by atoms with E-state index in [9.17, 15) is 4.79 Å². The Hall–Kier alpha value is -1.17. The molecular formula is C7H10N2O3. The van der Waals surface area contributed by atoms with E-state index in [1.54, 1.807) is 12.2 Å². The largest absolute Gasteiger partial charge is 0.481 e. The van der Waals surface area contributed by atoms with Gasteiger partial charge in [0.2, 0.25) is 0 Å². The minimum absolute atomic E-state index is 0.938. The second kappa shape index (κ2) is 3.06. The van der Waals surface area contributed by atoms with Crippen molar-refractivity contribution in [3.05, 3.63) is 24.3 Å². The lowest BCUT2D eigenvalue weighted by Gasteiger charge is -2.29. The molecule has 0 aromatic heterocycles. The molecule has 0 saturated carbocycles. The van der Waals surface area contributed by atoms with Gasteiger partial charge in [-0.05, 0) is 6.08 Å². The molecule has 0 aliphatic heterocycles. The molecule has 0 saturated heterocycles. The summed E-state index contributed by atoms with van der Waals surface area (Å²) < 4.78 is 0. The monoisotopic (exact) mass is 170 g/mol. The zero-order chi connectivity index (χ0) is 9.19. The summed E-state index contributed by atoms with van der Waals surface area (Å²) in [6.45, 7) is 0. The van der Waals surface area contributed by atoms with Gasteiger partial charge in [-0.3, -0.25) is 15.4 Å². The summed E-state index contributed by atoms with van der Waals surface area (Å²) in [5.74, 6) is 2.89. The van der Waals surface area contributed by atoms with Gasteiger partial charge in [0.1, 0.15) is 5.92 Å². The summed E-state index contributed by atoms with van der Waals surface area (Å²) in [7, 11) is 0. The Kier molecular flexibility index (Phi) is 2.27. The quantitative estimate of drug-likeness (QED) is 0.378. The van der Waals surface area contributed by atoms with Crippen molar-refractivity contribution in [2.24, 2.45) is 17.5 Å². The van der Waals surface area contributed by atoms with Crippen LogP contribution in [-0.4, -0.2) is 16.8 Å². The van der Waals surface area contributed by atoms with Crippen LogP contribution >= 0.6 is 0 Å². The summed E-state index contributed by atoms with van der Waals surface area (Å²) >= 11 is 0. The molecule has 0 bridgehead atoms. The van der Waals surface area contributed by atoms with Gasteiger partial charge in [-0.15, -0.1) is 0 Å². The summed E-state index contributed by atoms with van der Waals surface area (Å²) in [5, 5.41) is 8.70. The predicted octanol–water partition coefficient (Wildman–Crippen LogP) is -0.641. The second-order valence-electron chi connectivity index (χ2n) is 2.53. The van der Waals surface area contributed by atoms with Crippen LogP contribution in [0.2, 0.25) is 0 Å². The van der Waals surface area contributed by atoms with Crippen molar-refractivity contribution in [2.45, 2.75) is 5.72 Å². The zero-order valence-corrected chi connectivity index (χ0v) is 6.31. The lowest BCUT2D eigenvalue weighted by molar-refractivity contribution is -0.149. The molecule has 2 atom stereocenters. The average molecular weight is 170 g/mol. The minimum Gasteiger partial charge on any atom is -0.481 e. The average Bonchev–Trinajstić information content (AvgIpc) is 2.05. The molecule has 12 heavy (non-hydrogen) atoms. The van der Waals surface area contributed by atoms with Crippen LogP contribution in [0.1, 0.15) is 0 Å². The Labute approximate surface area is 69.2 Å². The Morgan fingerprint density at radius 2 is 2.25 bits per heavy atom. The fourth-order valence-electron chi connectivity index (χ4n) is 1.02. The Morgan fingerprint density at radius 1 is 1.58 bits per heavy atom. The molecule has 0 spiro atoms. The third-order valence-corrected chi connectivity index (χ3v) is 1.73. The maximum Gasteiger partial charge on any atom is 0.315 e. The number of carboxylic acids is 1. The summed E-state index contributed by atoms with van der Waals surface area (Å²) in [6, 6.07) is 0. The molecule has 1 aliphatic rings. The number of nitrogens with two attached hydrogens (primary N) is 2. The van der Waals surface area contributed by atoms with E-state index in [0.29, 0.717) is 0 Å². The Bertz CT molecular complexity index is 249. The number of hydrogen-bond acceptors (Lipinski definition) is 4. The molecular weight excluding hydrogens is 160 g/mol. The van der Waals surface area contributed by atoms with E-state index in [0.717, 1.165) is 0 Å². The number of allylic oxidation sites excluding steroid dienone is 2. The summed E-state index contributed by atoms with van der Waals surface area (Å²) in [5.41, 5.74) is 4.11. The van der Waals surface area contributed by atoms with E-state index in [2.05, 4.69) is 4.84 Å². The van der Waals surface area contributed by atoms with Crippen LogP contribution in [0.5, 0.6) is 0 Å². The van der Waals surface area contributed by atoms with Crippen molar-refractivity contribution < 1.29 is 14.7 Å². The summed E-state index contributed by atoms with van der Waals surface area (Å²) in [4.78, 5) is 15.0. The van der Waals surface area contributed by atoms with Crippen LogP contribution in [0, 0.1) is 5.92 Å². The van der Waals surface area contributed by atoms with Crippen LogP contribution in [-0.2, 0) is 9.63 Å². The van der Waals surface area contributed by atoms with Gasteiger partial charge in [0, 0.05) is 0 Å². The minimum atomic E-state index is -1.43. The van der Waals surface area contributed by atoms with Crippen LogP contribution in [0.4, 0.5) is 0 Å². The molecule has 0 radical (unpaired) electrons. The van der Waals surface area contributed by atoms with Crippen LogP contribution in [0.25, 0.3) is 0 Å². The normalized spacial score (nSPS) is 33.7. The lowest BCUT2D eigenvalue weighted by Crippen LogP contribution is -2.52. The van der Waals surface area contributed by atoms with Gasteiger partial charge in [0.25, 0.3) is 0 Å². The van der Waals surface area contributed by atoms with Gasteiger partial charge < -0.3 is 5.11 Å². The first-order chi connectivity index (χ1) is 5.60. The highest BCUT2D eigenvalue weighted by Gasteiger charge is 2.38. The van der Waals surface area contributed by atoms with Crippen molar-refractivity contribution in [2.75, 3.05) is 0 Å². The topological polar surface area (TPSA) is 98.6 Å². The smallest absolute Gasteiger partial charge is 0.315 e. The third kappa shape index (κ3) is 1.38. The van der Waals surface area contributed by atoms with Gasteiger partial charge in [0.15, 0.2) is 5.72 Å². The molecule has 66 valence electrons.